The second kappa shape index (κ2) is 2.34. The largest absolute Gasteiger partial charge is 0.344 e. The molecule has 1 heteroatoms. The van der Waals surface area contributed by atoms with Gasteiger partial charge in [0.25, 0.3) is 0 Å². The molecule has 0 spiro atoms. The van der Waals surface area contributed by atoms with Crippen molar-refractivity contribution in [3.05, 3.63) is 11.6 Å². The molecule has 0 heterocycles. The van der Waals surface area contributed by atoms with Crippen molar-refractivity contribution in [1.82, 2.24) is 6.15 Å². The highest BCUT2D eigenvalue weighted by Crippen LogP contribution is 2.58. The summed E-state index contributed by atoms with van der Waals surface area (Å²) in [5, 5.41) is 0. The van der Waals surface area contributed by atoms with Crippen LogP contribution in [0.15, 0.2) is 11.6 Å². The summed E-state index contributed by atoms with van der Waals surface area (Å²) in [6.45, 7) is 7.13. The van der Waals surface area contributed by atoms with Crippen LogP contribution in [-0.2, 0) is 0 Å². The maximum atomic E-state index is 2.43. The van der Waals surface area contributed by atoms with Crippen molar-refractivity contribution in [2.45, 2.75) is 33.6 Å². The zero-order valence-electron chi connectivity index (χ0n) is 7.85. The number of rotatable bonds is 0. The molecule has 0 aromatic heterocycles. The Labute approximate surface area is 69.5 Å². The van der Waals surface area contributed by atoms with Gasteiger partial charge in [0.15, 0.2) is 0 Å². The maximum absolute atomic E-state index is 2.43. The summed E-state index contributed by atoms with van der Waals surface area (Å²) in [5.41, 5.74) is 2.28. The summed E-state index contributed by atoms with van der Waals surface area (Å²) in [6.07, 6.45) is 5.24. The van der Waals surface area contributed by atoms with Crippen LogP contribution < -0.4 is 6.15 Å². The zero-order chi connectivity index (χ0) is 7.35. The SMILES string of the molecule is CC1=CCC2CC1C2(C)C.N. The van der Waals surface area contributed by atoms with Crippen molar-refractivity contribution in [1.29, 1.82) is 0 Å². The van der Waals surface area contributed by atoms with Gasteiger partial charge in [-0.25, -0.2) is 0 Å². The molecule has 0 aromatic carbocycles. The first-order valence-corrected chi connectivity index (χ1v) is 4.29. The van der Waals surface area contributed by atoms with E-state index in [1.165, 1.54) is 12.8 Å². The predicted molar refractivity (Wildman–Crippen MR) is 48.8 cm³/mol. The smallest absolute Gasteiger partial charge is 0.0149 e. The average molecular weight is 153 g/mol. The molecule has 0 saturated heterocycles. The minimum atomic E-state index is 0. The highest BCUT2D eigenvalue weighted by Gasteiger charge is 2.49. The first kappa shape index (κ1) is 8.79. The van der Waals surface area contributed by atoms with E-state index in [0.29, 0.717) is 5.41 Å². The van der Waals surface area contributed by atoms with Crippen LogP contribution in [0.5, 0.6) is 0 Å². The molecule has 0 radical (unpaired) electrons. The minimum Gasteiger partial charge on any atom is -0.344 e. The Kier molecular flexibility index (Phi) is 1.87. The van der Waals surface area contributed by atoms with E-state index in [1.807, 2.05) is 0 Å². The number of fused-ring (bicyclic) bond motifs is 1. The van der Waals surface area contributed by atoms with Crippen LogP contribution in [0.3, 0.4) is 0 Å². The van der Waals surface area contributed by atoms with E-state index in [-0.39, 0.29) is 6.15 Å². The molecule has 3 aliphatic rings. The fourth-order valence-electron chi connectivity index (χ4n) is 2.66. The third-order valence-corrected chi connectivity index (χ3v) is 3.74. The van der Waals surface area contributed by atoms with Gasteiger partial charge in [0.2, 0.25) is 0 Å². The lowest BCUT2D eigenvalue weighted by atomic mass is 9.49. The van der Waals surface area contributed by atoms with Gasteiger partial charge in [0.05, 0.1) is 0 Å². The molecule has 0 aromatic rings. The van der Waals surface area contributed by atoms with Gasteiger partial charge in [-0.1, -0.05) is 25.5 Å². The minimum absolute atomic E-state index is 0. The lowest BCUT2D eigenvalue weighted by Crippen LogP contribution is -2.47. The van der Waals surface area contributed by atoms with E-state index in [2.05, 4.69) is 26.8 Å². The van der Waals surface area contributed by atoms with E-state index in [0.717, 1.165) is 11.8 Å². The molecule has 3 N–H and O–H groups in total. The second-order valence-electron chi connectivity index (χ2n) is 4.49. The molecular weight excluding hydrogens is 134 g/mol. The quantitative estimate of drug-likeness (QED) is 0.533. The number of hydrogen-bond donors (Lipinski definition) is 1. The van der Waals surface area contributed by atoms with E-state index >= 15 is 0 Å². The zero-order valence-corrected chi connectivity index (χ0v) is 7.85. The Hall–Kier alpha value is -0.300. The summed E-state index contributed by atoms with van der Waals surface area (Å²) in [6, 6.07) is 0. The van der Waals surface area contributed by atoms with Gasteiger partial charge >= 0.3 is 0 Å². The fourth-order valence-corrected chi connectivity index (χ4v) is 2.66. The average Bonchev–Trinajstić information content (AvgIpc) is 1.87. The summed E-state index contributed by atoms with van der Waals surface area (Å²) in [5.74, 6) is 1.92. The Morgan fingerprint density at radius 1 is 1.45 bits per heavy atom. The first-order chi connectivity index (χ1) is 4.62. The van der Waals surface area contributed by atoms with Crippen LogP contribution in [0.2, 0.25) is 0 Å². The van der Waals surface area contributed by atoms with Crippen LogP contribution in [0.1, 0.15) is 33.6 Å². The molecule has 2 atom stereocenters. The van der Waals surface area contributed by atoms with Crippen LogP contribution in [0, 0.1) is 17.3 Å². The molecule has 1 nitrogen and oxygen atoms in total. The highest BCUT2D eigenvalue weighted by atomic mass is 14.5. The molecule has 1 fully saturated rings. The molecular formula is C10H19N. The van der Waals surface area contributed by atoms with Gasteiger partial charge in [-0.05, 0) is 37.0 Å². The predicted octanol–water partition coefficient (Wildman–Crippen LogP) is 3.16. The van der Waals surface area contributed by atoms with Gasteiger partial charge in [-0.2, -0.15) is 0 Å². The monoisotopic (exact) mass is 153 g/mol. The summed E-state index contributed by atoms with van der Waals surface area (Å²) in [7, 11) is 0. The molecule has 11 heavy (non-hydrogen) atoms. The van der Waals surface area contributed by atoms with Crippen molar-refractivity contribution in [2.75, 3.05) is 0 Å². The molecule has 1 saturated carbocycles. The topological polar surface area (TPSA) is 35.0 Å². The van der Waals surface area contributed by atoms with Crippen LogP contribution >= 0.6 is 0 Å². The molecule has 3 rings (SSSR count). The number of hydrogen-bond acceptors (Lipinski definition) is 1. The fraction of sp³-hybridized carbons (Fsp3) is 0.800. The molecule has 0 aliphatic heterocycles. The van der Waals surface area contributed by atoms with Crippen molar-refractivity contribution < 1.29 is 0 Å². The Morgan fingerprint density at radius 2 is 2.09 bits per heavy atom. The van der Waals surface area contributed by atoms with E-state index in [9.17, 15) is 0 Å². The maximum Gasteiger partial charge on any atom is -0.0149 e. The molecule has 2 bridgehead atoms. The normalized spacial score (nSPS) is 38.3. The molecule has 2 unspecified atom stereocenters. The first-order valence-electron chi connectivity index (χ1n) is 4.29. The van der Waals surface area contributed by atoms with E-state index < -0.39 is 0 Å². The Morgan fingerprint density at radius 3 is 2.36 bits per heavy atom. The molecule has 3 aliphatic carbocycles. The van der Waals surface area contributed by atoms with Gasteiger partial charge in [0, 0.05) is 0 Å². The van der Waals surface area contributed by atoms with E-state index in [1.54, 1.807) is 5.57 Å². The van der Waals surface area contributed by atoms with Crippen molar-refractivity contribution >= 4 is 0 Å². The Bertz CT molecular complexity index is 191. The summed E-state index contributed by atoms with van der Waals surface area (Å²) in [4.78, 5) is 0. The Balaban J connectivity index is 0.000000605. The summed E-state index contributed by atoms with van der Waals surface area (Å²) >= 11 is 0. The van der Waals surface area contributed by atoms with Gasteiger partial charge in [0.1, 0.15) is 0 Å². The van der Waals surface area contributed by atoms with Crippen LogP contribution in [-0.4, -0.2) is 0 Å². The third kappa shape index (κ3) is 0.943. The lowest BCUT2D eigenvalue weighted by molar-refractivity contribution is -0.00579. The molecule has 0 amide bonds. The van der Waals surface area contributed by atoms with Gasteiger partial charge in [-0.3, -0.25) is 0 Å². The number of allylic oxidation sites excluding steroid dienone is 2. The van der Waals surface area contributed by atoms with Crippen LogP contribution in [0.25, 0.3) is 0 Å². The van der Waals surface area contributed by atoms with Crippen molar-refractivity contribution in [3.8, 4) is 0 Å². The van der Waals surface area contributed by atoms with E-state index in [4.69, 9.17) is 0 Å². The second-order valence-corrected chi connectivity index (χ2v) is 4.49. The molecule has 64 valence electrons. The van der Waals surface area contributed by atoms with Gasteiger partial charge < -0.3 is 6.15 Å². The van der Waals surface area contributed by atoms with Crippen LogP contribution in [0.4, 0.5) is 0 Å². The standard InChI is InChI=1S/C10H16.H3N/c1-7-4-5-8-6-9(7)10(8,2)3;/h4,8-9H,5-6H2,1-3H3;1H3. The lowest BCUT2D eigenvalue weighted by Gasteiger charge is -2.56. The highest BCUT2D eigenvalue weighted by molar-refractivity contribution is 5.21. The summed E-state index contributed by atoms with van der Waals surface area (Å²) < 4.78 is 0. The third-order valence-electron chi connectivity index (χ3n) is 3.74. The van der Waals surface area contributed by atoms with Crippen molar-refractivity contribution in [3.63, 3.8) is 0 Å². The van der Waals surface area contributed by atoms with Gasteiger partial charge in [-0.15, -0.1) is 0 Å². The van der Waals surface area contributed by atoms with Crippen molar-refractivity contribution in [2.24, 2.45) is 17.3 Å².